The summed E-state index contributed by atoms with van der Waals surface area (Å²) >= 11 is 2.05. The maximum Gasteiger partial charge on any atom is 0.338 e. The lowest BCUT2D eigenvalue weighted by molar-refractivity contribution is -0.119. The van der Waals surface area contributed by atoms with Crippen LogP contribution in [0.15, 0.2) is 42.5 Å². The Labute approximate surface area is 138 Å². The Morgan fingerprint density at radius 2 is 1.82 bits per heavy atom. The summed E-state index contributed by atoms with van der Waals surface area (Å²) in [5.41, 5.74) is 0.429. The molecule has 2 aromatic carbocycles. The smallest absolute Gasteiger partial charge is 0.338 e. The van der Waals surface area contributed by atoms with Crippen molar-refractivity contribution in [1.29, 1.82) is 0 Å². The van der Waals surface area contributed by atoms with Gasteiger partial charge in [0.05, 0.1) is 11.3 Å². The van der Waals surface area contributed by atoms with Gasteiger partial charge in [-0.2, -0.15) is 0 Å². The molecule has 0 heterocycles. The fraction of sp³-hybridized carbons (Fsp3) is 0.0667. The maximum atomic E-state index is 13.0. The Morgan fingerprint density at radius 3 is 2.50 bits per heavy atom. The van der Waals surface area contributed by atoms with E-state index in [9.17, 15) is 18.4 Å². The van der Waals surface area contributed by atoms with Crippen LogP contribution >= 0.6 is 22.6 Å². The minimum absolute atomic E-state index is 0.166. The third-order valence-electron chi connectivity index (χ3n) is 2.64. The molecule has 0 aliphatic rings. The van der Waals surface area contributed by atoms with Gasteiger partial charge in [0.1, 0.15) is 0 Å². The van der Waals surface area contributed by atoms with E-state index in [4.69, 9.17) is 4.74 Å². The van der Waals surface area contributed by atoms with E-state index in [1.807, 2.05) is 12.1 Å². The average Bonchev–Trinajstić information content (AvgIpc) is 2.50. The molecule has 7 heteroatoms. The van der Waals surface area contributed by atoms with Crippen LogP contribution < -0.4 is 5.32 Å². The quantitative estimate of drug-likeness (QED) is 0.614. The molecule has 114 valence electrons. The second kappa shape index (κ2) is 7.30. The van der Waals surface area contributed by atoms with Crippen molar-refractivity contribution in [3.63, 3.8) is 0 Å². The first-order chi connectivity index (χ1) is 10.5. The molecule has 0 unspecified atom stereocenters. The number of esters is 1. The van der Waals surface area contributed by atoms with Crippen molar-refractivity contribution in [2.24, 2.45) is 0 Å². The summed E-state index contributed by atoms with van der Waals surface area (Å²) in [4.78, 5) is 23.3. The minimum atomic E-state index is -1.15. The third-order valence-corrected chi connectivity index (χ3v) is 3.58. The zero-order valence-corrected chi connectivity index (χ0v) is 13.3. The SMILES string of the molecule is O=C(COC(=O)c1ccc(F)c(F)c1)Nc1ccccc1I. The third kappa shape index (κ3) is 4.23. The summed E-state index contributed by atoms with van der Waals surface area (Å²) < 4.78 is 31.4. The standard InChI is InChI=1S/C15H10F2INO3/c16-10-6-5-9(7-11(10)17)15(21)22-8-14(20)19-13-4-2-1-3-12(13)18/h1-7H,8H2,(H,19,20). The number of nitrogens with one attached hydrogen (secondary N) is 1. The Bertz CT molecular complexity index is 722. The van der Waals surface area contributed by atoms with Gasteiger partial charge in [-0.3, -0.25) is 4.79 Å². The molecule has 0 aliphatic carbocycles. The highest BCUT2D eigenvalue weighted by molar-refractivity contribution is 14.1. The van der Waals surface area contributed by atoms with Crippen LogP contribution in [0.25, 0.3) is 0 Å². The van der Waals surface area contributed by atoms with Crippen LogP contribution in [0.1, 0.15) is 10.4 Å². The number of para-hydroxylation sites is 1. The number of rotatable bonds is 4. The summed E-state index contributed by atoms with van der Waals surface area (Å²) in [6, 6.07) is 9.71. The Morgan fingerprint density at radius 1 is 1.09 bits per heavy atom. The fourth-order valence-electron chi connectivity index (χ4n) is 1.59. The van der Waals surface area contributed by atoms with Crippen molar-refractivity contribution in [1.82, 2.24) is 0 Å². The van der Waals surface area contributed by atoms with E-state index in [0.29, 0.717) is 5.69 Å². The Kier molecular flexibility index (Phi) is 5.42. The van der Waals surface area contributed by atoms with E-state index in [-0.39, 0.29) is 5.56 Å². The van der Waals surface area contributed by atoms with E-state index >= 15 is 0 Å². The van der Waals surface area contributed by atoms with Gasteiger partial charge < -0.3 is 10.1 Å². The molecular weight excluding hydrogens is 407 g/mol. The summed E-state index contributed by atoms with van der Waals surface area (Å²) in [5.74, 6) is -3.65. The van der Waals surface area contributed by atoms with Gasteiger partial charge in [0, 0.05) is 3.57 Å². The van der Waals surface area contributed by atoms with Crippen LogP contribution in [0.5, 0.6) is 0 Å². The first-order valence-corrected chi connectivity index (χ1v) is 7.22. The van der Waals surface area contributed by atoms with Crippen LogP contribution in [0.4, 0.5) is 14.5 Å². The van der Waals surface area contributed by atoms with Crippen molar-refractivity contribution in [3.05, 3.63) is 63.2 Å². The van der Waals surface area contributed by atoms with Gasteiger partial charge in [-0.05, 0) is 52.9 Å². The molecule has 0 radical (unpaired) electrons. The molecule has 0 saturated carbocycles. The highest BCUT2D eigenvalue weighted by Gasteiger charge is 2.13. The van der Waals surface area contributed by atoms with E-state index in [2.05, 4.69) is 27.9 Å². The number of amides is 1. The molecule has 2 rings (SSSR count). The van der Waals surface area contributed by atoms with Gasteiger partial charge in [-0.1, -0.05) is 12.1 Å². The zero-order chi connectivity index (χ0) is 16.1. The van der Waals surface area contributed by atoms with Crippen LogP contribution in [0, 0.1) is 15.2 Å². The highest BCUT2D eigenvalue weighted by Crippen LogP contribution is 2.16. The minimum Gasteiger partial charge on any atom is -0.452 e. The maximum absolute atomic E-state index is 13.0. The number of anilines is 1. The zero-order valence-electron chi connectivity index (χ0n) is 11.1. The molecule has 0 aliphatic heterocycles. The molecule has 22 heavy (non-hydrogen) atoms. The summed E-state index contributed by atoms with van der Waals surface area (Å²) in [5, 5.41) is 2.58. The molecule has 1 N–H and O–H groups in total. The lowest BCUT2D eigenvalue weighted by Gasteiger charge is -2.08. The normalized spacial score (nSPS) is 10.1. The summed E-state index contributed by atoms with van der Waals surface area (Å²) in [7, 11) is 0. The fourth-order valence-corrected chi connectivity index (χ4v) is 2.11. The molecule has 0 atom stereocenters. The van der Waals surface area contributed by atoms with E-state index in [1.165, 1.54) is 0 Å². The predicted molar refractivity (Wildman–Crippen MR) is 84.4 cm³/mol. The Balaban J connectivity index is 1.92. The van der Waals surface area contributed by atoms with Crippen LogP contribution in [0.3, 0.4) is 0 Å². The lowest BCUT2D eigenvalue weighted by Crippen LogP contribution is -2.21. The van der Waals surface area contributed by atoms with Crippen molar-refractivity contribution in [3.8, 4) is 0 Å². The van der Waals surface area contributed by atoms with Gasteiger partial charge in [-0.15, -0.1) is 0 Å². The Hall–Kier alpha value is -2.03. The number of ether oxygens (including phenoxy) is 1. The van der Waals surface area contributed by atoms with Crippen LogP contribution in [0.2, 0.25) is 0 Å². The number of carbonyl (C=O) groups is 2. The van der Waals surface area contributed by atoms with E-state index in [0.717, 1.165) is 21.8 Å². The number of hydrogen-bond acceptors (Lipinski definition) is 3. The van der Waals surface area contributed by atoms with Gasteiger partial charge >= 0.3 is 5.97 Å². The topological polar surface area (TPSA) is 55.4 Å². The molecule has 0 fully saturated rings. The number of hydrogen-bond donors (Lipinski definition) is 1. The van der Waals surface area contributed by atoms with E-state index < -0.39 is 30.1 Å². The van der Waals surface area contributed by atoms with Gasteiger partial charge in [0.25, 0.3) is 5.91 Å². The van der Waals surface area contributed by atoms with Crippen molar-refractivity contribution in [2.75, 3.05) is 11.9 Å². The lowest BCUT2D eigenvalue weighted by atomic mass is 10.2. The first kappa shape index (κ1) is 16.3. The van der Waals surface area contributed by atoms with Crippen molar-refractivity contribution < 1.29 is 23.1 Å². The van der Waals surface area contributed by atoms with Crippen molar-refractivity contribution in [2.45, 2.75) is 0 Å². The molecule has 2 aromatic rings. The molecule has 0 aromatic heterocycles. The molecule has 0 saturated heterocycles. The average molecular weight is 417 g/mol. The number of halogens is 3. The van der Waals surface area contributed by atoms with Crippen LogP contribution in [-0.4, -0.2) is 18.5 Å². The second-order valence-electron chi connectivity index (χ2n) is 4.23. The molecule has 0 spiro atoms. The summed E-state index contributed by atoms with van der Waals surface area (Å²) in [6.07, 6.45) is 0. The highest BCUT2D eigenvalue weighted by atomic mass is 127. The van der Waals surface area contributed by atoms with Gasteiger partial charge in [0.2, 0.25) is 0 Å². The van der Waals surface area contributed by atoms with E-state index in [1.54, 1.807) is 12.1 Å². The molecule has 4 nitrogen and oxygen atoms in total. The van der Waals surface area contributed by atoms with Crippen LogP contribution in [-0.2, 0) is 9.53 Å². The first-order valence-electron chi connectivity index (χ1n) is 6.14. The van der Waals surface area contributed by atoms with Crippen molar-refractivity contribution >= 4 is 40.2 Å². The van der Waals surface area contributed by atoms with Gasteiger partial charge in [-0.25, -0.2) is 13.6 Å². The van der Waals surface area contributed by atoms with Gasteiger partial charge in [0.15, 0.2) is 18.2 Å². The summed E-state index contributed by atoms with van der Waals surface area (Å²) in [6.45, 7) is -0.525. The monoisotopic (exact) mass is 417 g/mol. The number of benzene rings is 2. The second-order valence-corrected chi connectivity index (χ2v) is 5.40. The largest absolute Gasteiger partial charge is 0.452 e. The molecule has 1 amide bonds. The molecule has 0 bridgehead atoms. The predicted octanol–water partition coefficient (Wildman–Crippen LogP) is 3.36. The number of carbonyl (C=O) groups excluding carboxylic acids is 2. The molecular formula is C15H10F2INO3.